The molecule has 2 aliphatic rings. The minimum absolute atomic E-state index is 0.0299. The lowest BCUT2D eigenvalue weighted by Gasteiger charge is -2.55. The molecule has 2 atom stereocenters. The van der Waals surface area contributed by atoms with Gasteiger partial charge in [0.05, 0.1) is 5.75 Å². The van der Waals surface area contributed by atoms with Gasteiger partial charge < -0.3 is 15.2 Å². The fraction of sp³-hybridized carbons (Fsp3) is 0.500. The highest BCUT2D eigenvalue weighted by Crippen LogP contribution is 2.47. The minimum Gasteiger partial charge on any atom is -0.477 e. The van der Waals surface area contributed by atoms with E-state index in [0.717, 1.165) is 9.35 Å². The predicted octanol–water partition coefficient (Wildman–Crippen LogP) is 0.0287. The number of carbonyl (C=O) groups is 3. The van der Waals surface area contributed by atoms with E-state index in [0.29, 0.717) is 23.0 Å². The van der Waals surface area contributed by atoms with Crippen molar-refractivity contribution in [1.82, 2.24) is 40.6 Å². The number of hydrogen-bond acceptors (Lipinski definition) is 13. The molecule has 1 saturated heterocycles. The number of hydrogen-bond donors (Lipinski definition) is 2. The van der Waals surface area contributed by atoms with Crippen molar-refractivity contribution in [2.75, 3.05) is 24.4 Å². The molecule has 4 heterocycles. The Balaban J connectivity index is 1.43. The number of nitrogens with one attached hydrogen (secondary N) is 1. The zero-order valence-electron chi connectivity index (χ0n) is 17.3. The Morgan fingerprint density at radius 3 is 2.88 bits per heavy atom. The van der Waals surface area contributed by atoms with Crippen LogP contribution in [0.15, 0.2) is 21.9 Å². The van der Waals surface area contributed by atoms with Gasteiger partial charge in [0.2, 0.25) is 5.91 Å². The molecule has 0 saturated carbocycles. The molecule has 13 nitrogen and oxygen atoms in total. The number of rotatable bonds is 10. The van der Waals surface area contributed by atoms with Gasteiger partial charge in [-0.15, -0.1) is 43.9 Å². The second-order valence-electron chi connectivity index (χ2n) is 6.75. The van der Waals surface area contributed by atoms with Gasteiger partial charge in [0.25, 0.3) is 11.6 Å². The number of carboxylic acid groups (broad SMARTS) is 1. The molecule has 4 rings (SSSR count). The van der Waals surface area contributed by atoms with Gasteiger partial charge in [0.15, 0.2) is 10.7 Å². The molecule has 1 unspecified atom stereocenters. The van der Waals surface area contributed by atoms with E-state index in [1.165, 1.54) is 69.8 Å². The summed E-state index contributed by atoms with van der Waals surface area (Å²) in [6.07, 6.45) is 1.29. The average molecular weight is 531 g/mol. The van der Waals surface area contributed by atoms with E-state index in [4.69, 9.17) is 4.74 Å². The normalized spacial score (nSPS) is 22.2. The van der Waals surface area contributed by atoms with Gasteiger partial charge in [0.1, 0.15) is 22.0 Å². The molecule has 2 aromatic rings. The molecule has 0 spiro atoms. The largest absolute Gasteiger partial charge is 0.477 e. The Labute approximate surface area is 204 Å². The third kappa shape index (κ3) is 4.72. The van der Waals surface area contributed by atoms with E-state index in [-0.39, 0.29) is 11.4 Å². The maximum Gasteiger partial charge on any atom is 0.352 e. The number of fused-ring (bicyclic) bond motifs is 1. The van der Waals surface area contributed by atoms with Crippen molar-refractivity contribution in [3.8, 4) is 0 Å². The summed E-state index contributed by atoms with van der Waals surface area (Å²) in [7, 11) is 1.32. The fourth-order valence-electron chi connectivity index (χ4n) is 3.25. The molecular weight excluding hydrogens is 512 g/mol. The van der Waals surface area contributed by atoms with Crippen LogP contribution in [0.2, 0.25) is 0 Å². The van der Waals surface area contributed by atoms with Crippen LogP contribution in [0.3, 0.4) is 0 Å². The van der Waals surface area contributed by atoms with Crippen LogP contribution in [0.1, 0.15) is 5.01 Å². The molecule has 2 N–H and O–H groups in total. The van der Waals surface area contributed by atoms with Crippen LogP contribution in [-0.4, -0.2) is 93.7 Å². The quantitative estimate of drug-likeness (QED) is 0.240. The molecule has 2 aromatic heterocycles. The highest BCUT2D eigenvalue weighted by Gasteiger charge is 2.66. The first kappa shape index (κ1) is 23.9. The van der Waals surface area contributed by atoms with Crippen molar-refractivity contribution < 1.29 is 24.2 Å². The van der Waals surface area contributed by atoms with E-state index in [2.05, 4.69) is 30.9 Å². The summed E-state index contributed by atoms with van der Waals surface area (Å²) in [4.78, 5) is 40.1. The van der Waals surface area contributed by atoms with Crippen LogP contribution in [0.25, 0.3) is 0 Å². The molecule has 1 fully saturated rings. The number of carbonyl (C=O) groups excluding carboxylic acids is 2. The van der Waals surface area contributed by atoms with Crippen LogP contribution in [0.5, 0.6) is 0 Å². The van der Waals surface area contributed by atoms with E-state index < -0.39 is 28.9 Å². The monoisotopic (exact) mass is 530 g/mol. The van der Waals surface area contributed by atoms with E-state index in [9.17, 15) is 19.5 Å². The van der Waals surface area contributed by atoms with Gasteiger partial charge in [-0.3, -0.25) is 14.5 Å². The number of ether oxygens (including phenoxy) is 1. The second-order valence-corrected chi connectivity index (χ2v) is 11.2. The number of amides is 2. The first-order valence-electron chi connectivity index (χ1n) is 9.34. The highest BCUT2D eigenvalue weighted by atomic mass is 32.2. The molecule has 0 aliphatic carbocycles. The summed E-state index contributed by atoms with van der Waals surface area (Å²) in [5.41, 5.74) is -1.10. The minimum atomic E-state index is -1.62. The van der Waals surface area contributed by atoms with Crippen molar-refractivity contribution in [1.29, 1.82) is 0 Å². The van der Waals surface area contributed by atoms with Crippen LogP contribution in [0, 0.1) is 6.92 Å². The summed E-state index contributed by atoms with van der Waals surface area (Å²) >= 11 is 5.36. The van der Waals surface area contributed by atoms with Crippen molar-refractivity contribution >= 4 is 64.4 Å². The van der Waals surface area contributed by atoms with Crippen molar-refractivity contribution in [2.24, 2.45) is 0 Å². The molecule has 0 radical (unpaired) electrons. The first-order chi connectivity index (χ1) is 15.9. The van der Waals surface area contributed by atoms with Crippen molar-refractivity contribution in [2.45, 2.75) is 28.2 Å². The lowest BCUT2D eigenvalue weighted by Crippen LogP contribution is -2.80. The summed E-state index contributed by atoms with van der Waals surface area (Å²) < 4.78 is 6.17. The zero-order valence-corrected chi connectivity index (χ0v) is 20.6. The molecule has 0 aromatic carbocycles. The molecule has 0 bridgehead atoms. The molecular formula is C16H18N8O5S4. The van der Waals surface area contributed by atoms with Gasteiger partial charge in [-0.05, 0) is 17.7 Å². The number of aliphatic carboxylic acids is 1. The maximum absolute atomic E-state index is 13.1. The van der Waals surface area contributed by atoms with Crippen molar-refractivity contribution in [3.05, 3.63) is 22.6 Å². The number of tetrazole rings is 1. The molecule has 2 amide bonds. The van der Waals surface area contributed by atoms with Crippen LogP contribution in [0.4, 0.5) is 0 Å². The zero-order chi connectivity index (χ0) is 23.6. The Morgan fingerprint density at radius 1 is 1.42 bits per heavy atom. The molecule has 176 valence electrons. The number of β-lactam (4-membered cyclic amide) rings is 1. The number of aromatic nitrogens is 6. The topological polar surface area (TPSA) is 165 Å². The van der Waals surface area contributed by atoms with Gasteiger partial charge in [-0.1, -0.05) is 23.1 Å². The SMILES string of the molecule is CO[C@@]1(NC(=O)CSCn2ncnn2)C(=O)N2C(C(=O)O)=C(CSc3nnc(C)s3)CSC21. The average Bonchev–Trinajstić information content (AvgIpc) is 3.46. The molecule has 17 heteroatoms. The van der Waals surface area contributed by atoms with Crippen LogP contribution >= 0.6 is 46.6 Å². The number of methoxy groups -OCH3 is 1. The maximum atomic E-state index is 13.1. The number of nitrogens with zero attached hydrogens (tertiary/aromatic N) is 7. The molecule has 2 aliphatic heterocycles. The number of carboxylic acids is 1. The lowest BCUT2D eigenvalue weighted by molar-refractivity contribution is -0.192. The second kappa shape index (κ2) is 9.96. The Hall–Kier alpha value is -2.21. The Bertz CT molecular complexity index is 1090. The molecule has 33 heavy (non-hydrogen) atoms. The standard InChI is InChI=1S/C16H18N8O5S4/c1-8-20-21-15(33-8)32-4-9-3-31-14-16(29-2,13(28)24(14)11(9)12(26)27)19-10(25)5-30-7-23-18-6-17-22-23/h6,14H,3-5,7H2,1-2H3,(H,19,25)(H,26,27)/t14?,16-/m0/s1. The third-order valence-corrected chi connectivity index (χ3v) is 8.98. The smallest absolute Gasteiger partial charge is 0.352 e. The number of thioether (sulfide) groups is 3. The highest BCUT2D eigenvalue weighted by molar-refractivity contribution is 8.02. The van der Waals surface area contributed by atoms with Crippen LogP contribution in [-0.2, 0) is 25.0 Å². The first-order valence-corrected chi connectivity index (χ1v) is 13.3. The van der Waals surface area contributed by atoms with Gasteiger partial charge in [0, 0.05) is 18.6 Å². The van der Waals surface area contributed by atoms with E-state index in [1.807, 2.05) is 6.92 Å². The summed E-state index contributed by atoms with van der Waals surface area (Å²) in [5.74, 6) is -1.18. The van der Waals surface area contributed by atoms with Crippen molar-refractivity contribution in [3.63, 3.8) is 0 Å². The lowest BCUT2D eigenvalue weighted by atomic mass is 9.98. The summed E-state index contributed by atoms with van der Waals surface area (Å²) in [6.45, 7) is 1.84. The fourth-order valence-corrected chi connectivity index (χ4v) is 7.27. The number of aryl methyl sites for hydroxylation is 1. The Kier molecular flexibility index (Phi) is 7.22. The summed E-state index contributed by atoms with van der Waals surface area (Å²) in [5, 5.41) is 31.7. The van der Waals surface area contributed by atoms with Crippen LogP contribution < -0.4 is 5.32 Å². The Morgan fingerprint density at radius 2 is 2.24 bits per heavy atom. The van der Waals surface area contributed by atoms with E-state index >= 15 is 0 Å². The van der Waals surface area contributed by atoms with E-state index in [1.54, 1.807) is 0 Å². The predicted molar refractivity (Wildman–Crippen MR) is 121 cm³/mol. The van der Waals surface area contributed by atoms with Gasteiger partial charge in [-0.25, -0.2) is 4.79 Å². The van der Waals surface area contributed by atoms with Gasteiger partial charge in [-0.2, -0.15) is 4.80 Å². The van der Waals surface area contributed by atoms with Gasteiger partial charge >= 0.3 is 5.97 Å². The third-order valence-electron chi connectivity index (χ3n) is 4.67. The summed E-state index contributed by atoms with van der Waals surface area (Å²) in [6, 6.07) is 0.